The third kappa shape index (κ3) is 23.3. The van der Waals surface area contributed by atoms with Crippen molar-refractivity contribution in [3.8, 4) is 0 Å². The molecule has 1 rings (SSSR count). The molecule has 0 aromatic rings. The minimum atomic E-state index is -5.01. The molecule has 6 atom stereocenters. The van der Waals surface area contributed by atoms with Crippen molar-refractivity contribution in [2.24, 2.45) is 0 Å². The Labute approximate surface area is 307 Å². The number of phosphoric ester groups is 1. The molecule has 0 aromatic carbocycles. The summed E-state index contributed by atoms with van der Waals surface area (Å²) in [5, 5.41) is 49.9. The topological polar surface area (TPSA) is 192 Å². The fourth-order valence-corrected chi connectivity index (χ4v) is 6.81. The SMILES string of the molecule is CCCC/C=C\C/C=C\CCCCCCCC(=O)OC(COCCCCCCCCCCCC)COP(=O)(O)OC1C(O)C(O)C(O)C(O)C1O. The standard InChI is InChI=1S/C38H71O12P/c1-3-5-7-9-11-13-15-16-17-18-19-21-23-25-27-32(39)49-31(29-47-28-26-24-22-20-14-12-10-8-6-4-2)30-48-51(45,46)50-38-36(43)34(41)33(40)35(42)37(38)44/h9,11,15-16,31,33-38,40-44H,3-8,10,12-14,17-30H2,1-2H3,(H,45,46)/b11-9-,16-15-. The summed E-state index contributed by atoms with van der Waals surface area (Å²) in [6, 6.07) is 0. The molecule has 1 saturated carbocycles. The van der Waals surface area contributed by atoms with Crippen molar-refractivity contribution in [2.45, 2.75) is 191 Å². The zero-order chi connectivity index (χ0) is 37.7. The highest BCUT2D eigenvalue weighted by molar-refractivity contribution is 7.47. The Morgan fingerprint density at radius 3 is 1.71 bits per heavy atom. The average molecular weight is 751 g/mol. The van der Waals surface area contributed by atoms with Crippen LogP contribution in [0.15, 0.2) is 24.3 Å². The van der Waals surface area contributed by atoms with Gasteiger partial charge in [0.05, 0.1) is 13.2 Å². The molecule has 0 aliphatic heterocycles. The predicted molar refractivity (Wildman–Crippen MR) is 198 cm³/mol. The van der Waals surface area contributed by atoms with E-state index in [1.54, 1.807) is 0 Å². The molecule has 13 heteroatoms. The van der Waals surface area contributed by atoms with Crippen LogP contribution in [-0.2, 0) is 27.9 Å². The van der Waals surface area contributed by atoms with E-state index >= 15 is 0 Å². The summed E-state index contributed by atoms with van der Waals surface area (Å²) in [4.78, 5) is 23.0. The zero-order valence-corrected chi connectivity index (χ0v) is 32.3. The largest absolute Gasteiger partial charge is 0.472 e. The predicted octanol–water partition coefficient (Wildman–Crippen LogP) is 6.58. The van der Waals surface area contributed by atoms with Gasteiger partial charge in [-0.2, -0.15) is 0 Å². The van der Waals surface area contributed by atoms with E-state index in [1.807, 2.05) is 0 Å². The first-order valence-corrected chi connectivity index (χ1v) is 21.2. The molecule has 0 heterocycles. The number of carbonyl (C=O) groups excluding carboxylic acids is 1. The molecule has 12 nitrogen and oxygen atoms in total. The molecule has 51 heavy (non-hydrogen) atoms. The maximum atomic E-state index is 12.7. The number of ether oxygens (including phenoxy) is 2. The highest BCUT2D eigenvalue weighted by Crippen LogP contribution is 2.47. The van der Waals surface area contributed by atoms with Gasteiger partial charge < -0.3 is 39.9 Å². The van der Waals surface area contributed by atoms with E-state index in [4.69, 9.17) is 18.5 Å². The number of esters is 1. The summed E-state index contributed by atoms with van der Waals surface area (Å²) in [5.41, 5.74) is 0. The molecule has 6 unspecified atom stereocenters. The first kappa shape index (κ1) is 47.8. The first-order valence-electron chi connectivity index (χ1n) is 19.7. The number of aliphatic hydroxyl groups excluding tert-OH is 5. The maximum absolute atomic E-state index is 12.7. The van der Waals surface area contributed by atoms with Gasteiger partial charge in [-0.15, -0.1) is 0 Å². The lowest BCUT2D eigenvalue weighted by molar-refractivity contribution is -0.220. The van der Waals surface area contributed by atoms with Crippen LogP contribution in [0.2, 0.25) is 0 Å². The van der Waals surface area contributed by atoms with Crippen molar-refractivity contribution in [2.75, 3.05) is 19.8 Å². The second-order valence-electron chi connectivity index (χ2n) is 13.8. The van der Waals surface area contributed by atoms with Gasteiger partial charge in [-0.1, -0.05) is 128 Å². The van der Waals surface area contributed by atoms with Crippen molar-refractivity contribution >= 4 is 13.8 Å². The van der Waals surface area contributed by atoms with Crippen molar-refractivity contribution < 1.29 is 58.3 Å². The van der Waals surface area contributed by atoms with Crippen LogP contribution in [-0.4, -0.2) is 98.9 Å². The van der Waals surface area contributed by atoms with Gasteiger partial charge in [-0.3, -0.25) is 13.8 Å². The minimum absolute atomic E-state index is 0.0798. The number of phosphoric acid groups is 1. The van der Waals surface area contributed by atoms with Gasteiger partial charge in [0.15, 0.2) is 0 Å². The van der Waals surface area contributed by atoms with Crippen molar-refractivity contribution in [1.29, 1.82) is 0 Å². The van der Waals surface area contributed by atoms with Crippen LogP contribution in [0.1, 0.15) is 149 Å². The average Bonchev–Trinajstić information content (AvgIpc) is 3.11. The summed E-state index contributed by atoms with van der Waals surface area (Å²) >= 11 is 0. The van der Waals surface area contributed by atoms with E-state index in [9.17, 15) is 39.8 Å². The highest BCUT2D eigenvalue weighted by atomic mass is 31.2. The van der Waals surface area contributed by atoms with Gasteiger partial charge >= 0.3 is 13.8 Å². The Balaban J connectivity index is 2.48. The van der Waals surface area contributed by atoms with E-state index < -0.39 is 63.1 Å². The first-order chi connectivity index (χ1) is 24.5. The van der Waals surface area contributed by atoms with Crippen LogP contribution in [0.4, 0.5) is 0 Å². The molecule has 0 radical (unpaired) electrons. The molecule has 0 spiro atoms. The third-order valence-corrected chi connectivity index (χ3v) is 10.1. The van der Waals surface area contributed by atoms with E-state index in [2.05, 4.69) is 38.2 Å². The highest BCUT2D eigenvalue weighted by Gasteiger charge is 2.51. The number of allylic oxidation sites excluding steroid dienone is 4. The van der Waals surface area contributed by atoms with Gasteiger partial charge in [-0.25, -0.2) is 4.57 Å². The number of rotatable bonds is 32. The molecule has 1 fully saturated rings. The molecular weight excluding hydrogens is 679 g/mol. The summed E-state index contributed by atoms with van der Waals surface area (Å²) in [5.74, 6) is -0.492. The van der Waals surface area contributed by atoms with Crippen LogP contribution < -0.4 is 0 Å². The Morgan fingerprint density at radius 1 is 0.627 bits per heavy atom. The fraction of sp³-hybridized carbons (Fsp3) is 0.868. The van der Waals surface area contributed by atoms with Crippen LogP contribution in [0.3, 0.4) is 0 Å². The minimum Gasteiger partial charge on any atom is -0.457 e. The summed E-state index contributed by atoms with van der Waals surface area (Å²) in [7, 11) is -5.01. The van der Waals surface area contributed by atoms with E-state index in [0.29, 0.717) is 13.0 Å². The Morgan fingerprint density at radius 2 is 1.12 bits per heavy atom. The van der Waals surface area contributed by atoms with Crippen molar-refractivity contribution in [1.82, 2.24) is 0 Å². The number of hydrogen-bond acceptors (Lipinski definition) is 11. The third-order valence-electron chi connectivity index (χ3n) is 9.08. The van der Waals surface area contributed by atoms with Gasteiger partial charge in [0, 0.05) is 13.0 Å². The second kappa shape index (κ2) is 30.2. The Kier molecular flexibility index (Phi) is 28.3. The fourth-order valence-electron chi connectivity index (χ4n) is 5.84. The summed E-state index contributed by atoms with van der Waals surface area (Å²) < 4.78 is 33.9. The second-order valence-corrected chi connectivity index (χ2v) is 15.2. The lowest BCUT2D eigenvalue weighted by atomic mass is 9.85. The quantitative estimate of drug-likeness (QED) is 0.0188. The van der Waals surface area contributed by atoms with Crippen molar-refractivity contribution in [3.63, 3.8) is 0 Å². The van der Waals surface area contributed by atoms with Gasteiger partial charge in [0.1, 0.15) is 42.7 Å². The molecule has 0 aromatic heterocycles. The molecule has 6 N–H and O–H groups in total. The molecule has 1 aliphatic carbocycles. The Hall–Kier alpha value is -1.18. The number of aliphatic hydroxyl groups is 5. The summed E-state index contributed by atoms with van der Waals surface area (Å²) in [6.07, 6.45) is 18.3. The zero-order valence-electron chi connectivity index (χ0n) is 31.4. The van der Waals surface area contributed by atoms with E-state index in [-0.39, 0.29) is 13.0 Å². The van der Waals surface area contributed by atoms with Gasteiger partial charge in [0.25, 0.3) is 0 Å². The molecule has 300 valence electrons. The van der Waals surface area contributed by atoms with Crippen LogP contribution in [0.5, 0.6) is 0 Å². The molecule has 0 bridgehead atoms. The lowest BCUT2D eigenvalue weighted by Crippen LogP contribution is -2.64. The number of hydrogen-bond donors (Lipinski definition) is 6. The van der Waals surface area contributed by atoms with Gasteiger partial charge in [-0.05, 0) is 38.5 Å². The van der Waals surface area contributed by atoms with Crippen LogP contribution in [0, 0.1) is 0 Å². The molecular formula is C38H71O12P. The van der Waals surface area contributed by atoms with Crippen molar-refractivity contribution in [3.05, 3.63) is 24.3 Å². The monoisotopic (exact) mass is 750 g/mol. The van der Waals surface area contributed by atoms with Crippen LogP contribution >= 0.6 is 7.82 Å². The number of carbonyl (C=O) groups is 1. The normalized spacial score (nSPS) is 24.3. The maximum Gasteiger partial charge on any atom is 0.472 e. The Bertz CT molecular complexity index is 947. The van der Waals surface area contributed by atoms with E-state index in [0.717, 1.165) is 64.2 Å². The summed E-state index contributed by atoms with van der Waals surface area (Å²) in [6.45, 7) is 4.16. The molecule has 0 saturated heterocycles. The van der Waals surface area contributed by atoms with Gasteiger partial charge in [0.2, 0.25) is 0 Å². The molecule has 0 amide bonds. The lowest BCUT2D eigenvalue weighted by Gasteiger charge is -2.41. The van der Waals surface area contributed by atoms with Crippen LogP contribution in [0.25, 0.3) is 0 Å². The molecule has 1 aliphatic rings. The van der Waals surface area contributed by atoms with E-state index in [1.165, 1.54) is 57.8 Å². The smallest absolute Gasteiger partial charge is 0.457 e. The number of unbranched alkanes of at least 4 members (excludes halogenated alkanes) is 16.